The van der Waals surface area contributed by atoms with Gasteiger partial charge in [0.25, 0.3) is 0 Å². The molecule has 14 heavy (non-hydrogen) atoms. The van der Waals surface area contributed by atoms with Crippen LogP contribution in [0.5, 0.6) is 0 Å². The molecule has 74 valence electrons. The first-order valence-electron chi connectivity index (χ1n) is 4.55. The van der Waals surface area contributed by atoms with Crippen LogP contribution in [0.3, 0.4) is 0 Å². The molecule has 1 aromatic carbocycles. The lowest BCUT2D eigenvalue weighted by Gasteiger charge is -2.02. The summed E-state index contributed by atoms with van der Waals surface area (Å²) in [5, 5.41) is 1.19. The van der Waals surface area contributed by atoms with Crippen molar-refractivity contribution in [2.24, 2.45) is 0 Å². The number of aromatic nitrogens is 1. The summed E-state index contributed by atoms with van der Waals surface area (Å²) in [6.45, 7) is 0. The maximum absolute atomic E-state index is 5.69. The largest absolute Gasteiger partial charge is 0.417 e. The molecule has 0 aliphatic heterocycles. The second-order valence-corrected chi connectivity index (χ2v) is 3.53. The van der Waals surface area contributed by atoms with E-state index >= 15 is 0 Å². The summed E-state index contributed by atoms with van der Waals surface area (Å²) < 4.78 is 1.75. The Morgan fingerprint density at radius 1 is 1.36 bits per heavy atom. The molecule has 0 unspecified atom stereocenters. The Labute approximate surface area is 88.0 Å². The van der Waals surface area contributed by atoms with Crippen LogP contribution < -0.4 is 4.84 Å². The van der Waals surface area contributed by atoms with Crippen molar-refractivity contribution in [1.29, 1.82) is 0 Å². The molecule has 0 saturated carbocycles. The van der Waals surface area contributed by atoms with Gasteiger partial charge in [0.05, 0.1) is 5.52 Å². The van der Waals surface area contributed by atoms with Gasteiger partial charge in [-0.25, -0.2) is 0 Å². The highest BCUT2D eigenvalue weighted by atomic mass is 35.5. The number of benzene rings is 1. The van der Waals surface area contributed by atoms with Gasteiger partial charge in [-0.2, -0.15) is 4.73 Å². The van der Waals surface area contributed by atoms with E-state index in [1.165, 1.54) is 10.9 Å². The van der Waals surface area contributed by atoms with E-state index in [1.54, 1.807) is 11.8 Å². The minimum atomic E-state index is 0.663. The smallest absolute Gasteiger partial charge is 0.104 e. The average Bonchev–Trinajstić information content (AvgIpc) is 2.60. The molecule has 0 N–H and O–H groups in total. The lowest BCUT2D eigenvalue weighted by Crippen LogP contribution is -2.02. The lowest BCUT2D eigenvalue weighted by molar-refractivity contribution is 0.179. The zero-order valence-corrected chi connectivity index (χ0v) is 8.79. The molecule has 2 rings (SSSR count). The number of hydrogen-bond donors (Lipinski definition) is 0. The SMILES string of the molecule is COn1ccc2cc(CCCl)ccc21. The molecule has 0 aliphatic carbocycles. The molecule has 0 radical (unpaired) electrons. The predicted octanol–water partition coefficient (Wildman–Crippen LogP) is 2.48. The van der Waals surface area contributed by atoms with E-state index in [-0.39, 0.29) is 0 Å². The number of aryl methyl sites for hydroxylation is 1. The van der Waals surface area contributed by atoms with Crippen molar-refractivity contribution >= 4 is 22.5 Å². The monoisotopic (exact) mass is 209 g/mol. The molecule has 0 spiro atoms. The van der Waals surface area contributed by atoms with Crippen molar-refractivity contribution in [3.05, 3.63) is 36.0 Å². The van der Waals surface area contributed by atoms with Crippen LogP contribution >= 0.6 is 11.6 Å². The van der Waals surface area contributed by atoms with Crippen LogP contribution in [0.4, 0.5) is 0 Å². The third kappa shape index (κ3) is 1.58. The first-order chi connectivity index (χ1) is 6.85. The van der Waals surface area contributed by atoms with Gasteiger partial charge in [-0.1, -0.05) is 6.07 Å². The molecular weight excluding hydrogens is 198 g/mol. The maximum atomic E-state index is 5.69. The molecule has 1 aromatic heterocycles. The topological polar surface area (TPSA) is 14.2 Å². The van der Waals surface area contributed by atoms with Crippen LogP contribution in [0.1, 0.15) is 5.56 Å². The van der Waals surface area contributed by atoms with E-state index in [0.717, 1.165) is 11.9 Å². The lowest BCUT2D eigenvalue weighted by atomic mass is 10.1. The second kappa shape index (κ2) is 3.93. The first kappa shape index (κ1) is 9.41. The highest BCUT2D eigenvalue weighted by molar-refractivity contribution is 6.18. The Kier molecular flexibility index (Phi) is 2.64. The van der Waals surface area contributed by atoms with Crippen LogP contribution in [0.2, 0.25) is 0 Å². The Hall–Kier alpha value is -1.15. The van der Waals surface area contributed by atoms with Gasteiger partial charge in [0.2, 0.25) is 0 Å². The molecule has 0 bridgehead atoms. The molecule has 2 aromatic rings. The third-order valence-electron chi connectivity index (χ3n) is 2.30. The summed E-state index contributed by atoms with van der Waals surface area (Å²) in [6.07, 6.45) is 2.82. The van der Waals surface area contributed by atoms with Crippen molar-refractivity contribution in [3.63, 3.8) is 0 Å². The van der Waals surface area contributed by atoms with Crippen LogP contribution in [0, 0.1) is 0 Å². The van der Waals surface area contributed by atoms with E-state index in [9.17, 15) is 0 Å². The fourth-order valence-electron chi connectivity index (χ4n) is 1.59. The van der Waals surface area contributed by atoms with Crippen molar-refractivity contribution in [1.82, 2.24) is 4.73 Å². The van der Waals surface area contributed by atoms with Crippen molar-refractivity contribution in [3.8, 4) is 0 Å². The van der Waals surface area contributed by atoms with Gasteiger partial charge in [0.1, 0.15) is 7.11 Å². The summed E-state index contributed by atoms with van der Waals surface area (Å²) in [4.78, 5) is 5.16. The van der Waals surface area contributed by atoms with Crippen LogP contribution in [-0.4, -0.2) is 17.7 Å². The van der Waals surface area contributed by atoms with Gasteiger partial charge < -0.3 is 4.84 Å². The van der Waals surface area contributed by atoms with Gasteiger partial charge in [-0.15, -0.1) is 11.6 Å². The molecule has 0 amide bonds. The summed E-state index contributed by atoms with van der Waals surface area (Å²) in [5.41, 5.74) is 2.35. The van der Waals surface area contributed by atoms with Gasteiger partial charge in [0.15, 0.2) is 0 Å². The van der Waals surface area contributed by atoms with Gasteiger partial charge in [0, 0.05) is 17.5 Å². The van der Waals surface area contributed by atoms with Gasteiger partial charge in [-0.3, -0.25) is 0 Å². The van der Waals surface area contributed by atoms with E-state index in [0.29, 0.717) is 5.88 Å². The minimum Gasteiger partial charge on any atom is -0.417 e. The Morgan fingerprint density at radius 2 is 2.21 bits per heavy atom. The number of hydrogen-bond acceptors (Lipinski definition) is 1. The van der Waals surface area contributed by atoms with Crippen LogP contribution in [0.15, 0.2) is 30.5 Å². The fourth-order valence-corrected chi connectivity index (χ4v) is 1.81. The average molecular weight is 210 g/mol. The second-order valence-electron chi connectivity index (χ2n) is 3.16. The summed E-state index contributed by atoms with van der Waals surface area (Å²) in [6, 6.07) is 8.32. The van der Waals surface area contributed by atoms with Gasteiger partial charge >= 0.3 is 0 Å². The molecule has 0 aliphatic rings. The third-order valence-corrected chi connectivity index (χ3v) is 2.49. The number of rotatable bonds is 3. The van der Waals surface area contributed by atoms with Gasteiger partial charge in [-0.05, 0) is 30.2 Å². The molecule has 0 saturated heterocycles. The molecular formula is C11H12ClNO. The summed E-state index contributed by atoms with van der Waals surface area (Å²) in [7, 11) is 1.66. The Balaban J connectivity index is 2.46. The predicted molar refractivity (Wildman–Crippen MR) is 58.9 cm³/mol. The zero-order valence-electron chi connectivity index (χ0n) is 8.03. The summed E-state index contributed by atoms with van der Waals surface area (Å²) in [5.74, 6) is 0.663. The highest BCUT2D eigenvalue weighted by Gasteiger charge is 2.01. The van der Waals surface area contributed by atoms with E-state index in [2.05, 4.69) is 18.2 Å². The standard InChI is InChI=1S/C11H12ClNO/c1-14-13-7-5-10-8-9(4-6-12)2-3-11(10)13/h2-3,5,7-8H,4,6H2,1H3. The summed E-state index contributed by atoms with van der Waals surface area (Å²) >= 11 is 5.69. The van der Waals surface area contributed by atoms with E-state index in [1.807, 2.05) is 12.3 Å². The quantitative estimate of drug-likeness (QED) is 0.709. The van der Waals surface area contributed by atoms with Crippen molar-refractivity contribution in [2.75, 3.05) is 13.0 Å². The fraction of sp³-hybridized carbons (Fsp3) is 0.273. The van der Waals surface area contributed by atoms with Crippen LogP contribution in [0.25, 0.3) is 10.9 Å². The Bertz CT molecular complexity index is 436. The number of alkyl halides is 1. The van der Waals surface area contributed by atoms with Crippen molar-refractivity contribution < 1.29 is 4.84 Å². The number of halogens is 1. The Morgan fingerprint density at radius 3 is 2.93 bits per heavy atom. The molecule has 2 nitrogen and oxygen atoms in total. The molecule has 1 heterocycles. The van der Waals surface area contributed by atoms with Crippen LogP contribution in [-0.2, 0) is 6.42 Å². The minimum absolute atomic E-state index is 0.663. The molecule has 0 atom stereocenters. The zero-order chi connectivity index (χ0) is 9.97. The normalized spacial score (nSPS) is 10.7. The molecule has 3 heteroatoms. The number of nitrogens with zero attached hydrogens (tertiary/aromatic N) is 1. The number of fused-ring (bicyclic) bond motifs is 1. The first-order valence-corrected chi connectivity index (χ1v) is 5.09. The highest BCUT2D eigenvalue weighted by Crippen LogP contribution is 2.17. The van der Waals surface area contributed by atoms with Crippen molar-refractivity contribution in [2.45, 2.75) is 6.42 Å². The molecule has 0 fully saturated rings. The van der Waals surface area contributed by atoms with E-state index < -0.39 is 0 Å². The maximum Gasteiger partial charge on any atom is 0.104 e. The van der Waals surface area contributed by atoms with E-state index in [4.69, 9.17) is 16.4 Å².